The highest BCUT2D eigenvalue weighted by atomic mass is 35.5. The number of nitrogens with zero attached hydrogens (tertiary/aromatic N) is 1. The van der Waals surface area contributed by atoms with E-state index in [1.54, 1.807) is 0 Å². The fourth-order valence-corrected chi connectivity index (χ4v) is 3.11. The number of hydrogen-bond acceptors (Lipinski definition) is 3. The highest BCUT2D eigenvalue weighted by Gasteiger charge is 2.17. The van der Waals surface area contributed by atoms with Gasteiger partial charge in [0.25, 0.3) is 0 Å². The minimum atomic E-state index is 0.451. The Kier molecular flexibility index (Phi) is 4.86. The summed E-state index contributed by atoms with van der Waals surface area (Å²) in [6, 6.07) is 13.6. The Hall–Kier alpha value is -1.71. The summed E-state index contributed by atoms with van der Waals surface area (Å²) in [7, 11) is 0. The lowest BCUT2D eigenvalue weighted by Gasteiger charge is -2.31. The lowest BCUT2D eigenvalue weighted by atomic mass is 10.1. The van der Waals surface area contributed by atoms with Crippen LogP contribution >= 0.6 is 11.6 Å². The highest BCUT2D eigenvalue weighted by molar-refractivity contribution is 6.32. The van der Waals surface area contributed by atoms with Crippen LogP contribution in [-0.2, 0) is 6.54 Å². The van der Waals surface area contributed by atoms with E-state index in [1.165, 1.54) is 24.9 Å². The molecule has 1 aliphatic heterocycles. The minimum absolute atomic E-state index is 0.451. The van der Waals surface area contributed by atoms with E-state index in [9.17, 15) is 0 Å². The van der Waals surface area contributed by atoms with E-state index in [-0.39, 0.29) is 0 Å². The molecule has 2 aromatic rings. The second-order valence-electron chi connectivity index (χ2n) is 5.54. The Morgan fingerprint density at radius 3 is 2.41 bits per heavy atom. The standard InChI is InChI=1S/C18H21ClN2O/c19-15-7-2-3-9-18(15)22-17-10-6-8-16(14(17)13-20)21-11-4-1-5-12-21/h2-3,6-10H,1,4-5,11-13,20H2. The van der Waals surface area contributed by atoms with Crippen molar-refractivity contribution in [3.05, 3.63) is 53.1 Å². The van der Waals surface area contributed by atoms with Crippen molar-refractivity contribution < 1.29 is 4.74 Å². The molecule has 1 aliphatic rings. The zero-order valence-corrected chi connectivity index (χ0v) is 13.4. The van der Waals surface area contributed by atoms with E-state index in [0.29, 0.717) is 17.3 Å². The summed E-state index contributed by atoms with van der Waals surface area (Å²) in [6.07, 6.45) is 3.78. The van der Waals surface area contributed by atoms with Crippen LogP contribution in [0.5, 0.6) is 11.5 Å². The largest absolute Gasteiger partial charge is 0.455 e. The topological polar surface area (TPSA) is 38.5 Å². The third kappa shape index (κ3) is 3.21. The van der Waals surface area contributed by atoms with Crippen molar-refractivity contribution in [2.24, 2.45) is 5.73 Å². The Morgan fingerprint density at radius 2 is 1.68 bits per heavy atom. The first-order chi connectivity index (χ1) is 10.8. The fraction of sp³-hybridized carbons (Fsp3) is 0.333. The molecule has 2 aromatic carbocycles. The summed E-state index contributed by atoms with van der Waals surface area (Å²) in [5.74, 6) is 1.45. The smallest absolute Gasteiger partial charge is 0.146 e. The molecule has 3 rings (SSSR count). The zero-order chi connectivity index (χ0) is 15.4. The van der Waals surface area contributed by atoms with Gasteiger partial charge in [-0.15, -0.1) is 0 Å². The maximum atomic E-state index is 6.19. The monoisotopic (exact) mass is 316 g/mol. The van der Waals surface area contributed by atoms with Crippen molar-refractivity contribution in [1.82, 2.24) is 0 Å². The number of para-hydroxylation sites is 1. The molecule has 0 bridgehead atoms. The van der Waals surface area contributed by atoms with Crippen molar-refractivity contribution >= 4 is 17.3 Å². The Balaban J connectivity index is 1.92. The van der Waals surface area contributed by atoms with E-state index >= 15 is 0 Å². The molecule has 0 radical (unpaired) electrons. The summed E-state index contributed by atoms with van der Waals surface area (Å²) in [5, 5.41) is 0.605. The van der Waals surface area contributed by atoms with Crippen LogP contribution in [0.2, 0.25) is 5.02 Å². The van der Waals surface area contributed by atoms with Gasteiger partial charge in [-0.3, -0.25) is 0 Å². The van der Waals surface area contributed by atoms with Gasteiger partial charge in [-0.25, -0.2) is 0 Å². The molecule has 2 N–H and O–H groups in total. The van der Waals surface area contributed by atoms with Crippen molar-refractivity contribution in [1.29, 1.82) is 0 Å². The Morgan fingerprint density at radius 1 is 0.955 bits per heavy atom. The van der Waals surface area contributed by atoms with Gasteiger partial charge in [0.2, 0.25) is 0 Å². The predicted molar refractivity (Wildman–Crippen MR) is 91.9 cm³/mol. The van der Waals surface area contributed by atoms with Gasteiger partial charge in [-0.05, 0) is 43.5 Å². The summed E-state index contributed by atoms with van der Waals surface area (Å²) in [4.78, 5) is 2.41. The minimum Gasteiger partial charge on any atom is -0.455 e. The molecule has 3 nitrogen and oxygen atoms in total. The molecule has 0 unspecified atom stereocenters. The van der Waals surface area contributed by atoms with Gasteiger partial charge in [0.05, 0.1) is 5.02 Å². The molecular formula is C18H21ClN2O. The van der Waals surface area contributed by atoms with Crippen molar-refractivity contribution in [3.8, 4) is 11.5 Å². The molecule has 0 aromatic heterocycles. The van der Waals surface area contributed by atoms with Crippen LogP contribution < -0.4 is 15.4 Å². The molecule has 0 amide bonds. The fourth-order valence-electron chi connectivity index (χ4n) is 2.93. The van der Waals surface area contributed by atoms with Gasteiger partial charge >= 0.3 is 0 Å². The molecule has 4 heteroatoms. The van der Waals surface area contributed by atoms with E-state index < -0.39 is 0 Å². The van der Waals surface area contributed by atoms with Gasteiger partial charge in [-0.2, -0.15) is 0 Å². The molecule has 0 atom stereocenters. The van der Waals surface area contributed by atoms with Gasteiger partial charge < -0.3 is 15.4 Å². The van der Waals surface area contributed by atoms with Crippen LogP contribution in [0.4, 0.5) is 5.69 Å². The van der Waals surface area contributed by atoms with Gasteiger partial charge in [0.15, 0.2) is 0 Å². The summed E-state index contributed by atoms with van der Waals surface area (Å²) >= 11 is 6.19. The number of rotatable bonds is 4. The maximum absolute atomic E-state index is 6.19. The van der Waals surface area contributed by atoms with Crippen LogP contribution in [0.25, 0.3) is 0 Å². The number of nitrogens with two attached hydrogens (primary N) is 1. The number of benzene rings is 2. The van der Waals surface area contributed by atoms with Crippen molar-refractivity contribution in [2.45, 2.75) is 25.8 Å². The number of piperidine rings is 1. The third-order valence-electron chi connectivity index (χ3n) is 4.07. The van der Waals surface area contributed by atoms with Gasteiger partial charge in [0.1, 0.15) is 11.5 Å². The number of hydrogen-bond donors (Lipinski definition) is 1. The molecule has 0 saturated carbocycles. The first-order valence-corrected chi connectivity index (χ1v) is 8.16. The summed E-state index contributed by atoms with van der Waals surface area (Å²) in [5.41, 5.74) is 8.24. The summed E-state index contributed by atoms with van der Waals surface area (Å²) in [6.45, 7) is 2.62. The van der Waals surface area contributed by atoms with Crippen molar-refractivity contribution in [2.75, 3.05) is 18.0 Å². The molecule has 116 valence electrons. The van der Waals surface area contributed by atoms with Crippen LogP contribution in [-0.4, -0.2) is 13.1 Å². The van der Waals surface area contributed by atoms with E-state index in [4.69, 9.17) is 22.1 Å². The molecule has 0 aliphatic carbocycles. The molecule has 0 spiro atoms. The second kappa shape index (κ2) is 7.03. The molecule has 1 fully saturated rings. The van der Waals surface area contributed by atoms with E-state index in [1.807, 2.05) is 36.4 Å². The van der Waals surface area contributed by atoms with Crippen LogP contribution in [0.1, 0.15) is 24.8 Å². The Labute approximate surface area is 136 Å². The molecular weight excluding hydrogens is 296 g/mol. The van der Waals surface area contributed by atoms with E-state index in [2.05, 4.69) is 11.0 Å². The average molecular weight is 317 g/mol. The first-order valence-electron chi connectivity index (χ1n) is 7.79. The maximum Gasteiger partial charge on any atom is 0.146 e. The van der Waals surface area contributed by atoms with Crippen molar-refractivity contribution in [3.63, 3.8) is 0 Å². The Bertz CT molecular complexity index is 639. The SMILES string of the molecule is NCc1c(Oc2ccccc2Cl)cccc1N1CCCCC1. The average Bonchev–Trinajstić information content (AvgIpc) is 2.57. The number of anilines is 1. The quantitative estimate of drug-likeness (QED) is 0.897. The predicted octanol–water partition coefficient (Wildman–Crippen LogP) is 4.58. The van der Waals surface area contributed by atoms with Gasteiger partial charge in [0, 0.05) is 30.9 Å². The van der Waals surface area contributed by atoms with Crippen LogP contribution in [0, 0.1) is 0 Å². The van der Waals surface area contributed by atoms with Gasteiger partial charge in [-0.1, -0.05) is 29.8 Å². The lowest BCUT2D eigenvalue weighted by molar-refractivity contribution is 0.475. The zero-order valence-electron chi connectivity index (χ0n) is 12.6. The highest BCUT2D eigenvalue weighted by Crippen LogP contribution is 2.35. The third-order valence-corrected chi connectivity index (χ3v) is 4.38. The van der Waals surface area contributed by atoms with E-state index in [0.717, 1.165) is 24.4 Å². The molecule has 1 saturated heterocycles. The summed E-state index contributed by atoms with van der Waals surface area (Å²) < 4.78 is 6.02. The van der Waals surface area contributed by atoms with Crippen LogP contribution in [0.3, 0.4) is 0 Å². The number of halogens is 1. The molecule has 1 heterocycles. The first kappa shape index (κ1) is 15.2. The molecule has 22 heavy (non-hydrogen) atoms. The lowest BCUT2D eigenvalue weighted by Crippen LogP contribution is -2.30. The van der Waals surface area contributed by atoms with Crippen LogP contribution in [0.15, 0.2) is 42.5 Å². The normalized spacial score (nSPS) is 14.9. The number of ether oxygens (including phenoxy) is 1. The second-order valence-corrected chi connectivity index (χ2v) is 5.95.